The highest BCUT2D eigenvalue weighted by atomic mass is 16.2. The van der Waals surface area contributed by atoms with Gasteiger partial charge in [-0.3, -0.25) is 14.5 Å². The lowest BCUT2D eigenvalue weighted by Gasteiger charge is -2.33. The maximum atomic E-state index is 12.3. The van der Waals surface area contributed by atoms with Crippen molar-refractivity contribution in [3.05, 3.63) is 35.4 Å². The van der Waals surface area contributed by atoms with Crippen molar-refractivity contribution >= 4 is 11.8 Å². The molecule has 1 heterocycles. The minimum Gasteiger partial charge on any atom is -0.317 e. The number of hydrogen-bond donors (Lipinski definition) is 1. The van der Waals surface area contributed by atoms with E-state index in [-0.39, 0.29) is 17.9 Å². The molecule has 4 nitrogen and oxygen atoms in total. The van der Waals surface area contributed by atoms with E-state index in [2.05, 4.69) is 5.32 Å². The molecule has 1 aromatic carbocycles. The van der Waals surface area contributed by atoms with Gasteiger partial charge in [0.25, 0.3) is 11.8 Å². The van der Waals surface area contributed by atoms with Gasteiger partial charge in [-0.1, -0.05) is 12.1 Å². The Balaban J connectivity index is 1.81. The van der Waals surface area contributed by atoms with Gasteiger partial charge in [-0.15, -0.1) is 0 Å². The maximum absolute atomic E-state index is 12.3. The van der Waals surface area contributed by atoms with Crippen LogP contribution in [-0.2, 0) is 0 Å². The fraction of sp³-hybridized carbons (Fsp3) is 0.467. The highest BCUT2D eigenvalue weighted by molar-refractivity contribution is 6.21. The number of nitrogens with one attached hydrogen (secondary N) is 1. The molecule has 4 heteroatoms. The summed E-state index contributed by atoms with van der Waals surface area (Å²) in [7, 11) is 1.97. The monoisotopic (exact) mass is 258 g/mol. The molecule has 1 aromatic rings. The van der Waals surface area contributed by atoms with Gasteiger partial charge in [-0.25, -0.2) is 0 Å². The average molecular weight is 258 g/mol. The summed E-state index contributed by atoms with van der Waals surface area (Å²) in [5.74, 6) is -0.234. The number of carbonyl (C=O) groups excluding carboxylic acids is 2. The first-order valence-electron chi connectivity index (χ1n) is 6.86. The van der Waals surface area contributed by atoms with Gasteiger partial charge in [0.05, 0.1) is 11.1 Å². The van der Waals surface area contributed by atoms with E-state index >= 15 is 0 Å². The number of amides is 2. The molecule has 19 heavy (non-hydrogen) atoms. The van der Waals surface area contributed by atoms with Crippen LogP contribution in [0, 0.1) is 0 Å². The lowest BCUT2D eigenvalue weighted by Crippen LogP contribution is -2.44. The van der Waals surface area contributed by atoms with E-state index < -0.39 is 0 Å². The molecular formula is C15H18N2O2. The zero-order valence-electron chi connectivity index (χ0n) is 11.1. The molecule has 2 amide bonds. The summed E-state index contributed by atoms with van der Waals surface area (Å²) in [5, 5.41) is 3.27. The van der Waals surface area contributed by atoms with Crippen LogP contribution in [0.25, 0.3) is 0 Å². The largest absolute Gasteiger partial charge is 0.317 e. The third-order valence-corrected chi connectivity index (χ3v) is 4.30. The Morgan fingerprint density at radius 3 is 2.00 bits per heavy atom. The van der Waals surface area contributed by atoms with Crippen LogP contribution in [0.4, 0.5) is 0 Å². The fourth-order valence-electron chi connectivity index (χ4n) is 3.16. The van der Waals surface area contributed by atoms with Gasteiger partial charge in [-0.2, -0.15) is 0 Å². The second kappa shape index (κ2) is 4.78. The van der Waals surface area contributed by atoms with Crippen LogP contribution >= 0.6 is 0 Å². The number of rotatable bonds is 2. The zero-order chi connectivity index (χ0) is 13.4. The summed E-state index contributed by atoms with van der Waals surface area (Å²) in [4.78, 5) is 26.2. The quantitative estimate of drug-likeness (QED) is 0.823. The minimum absolute atomic E-state index is 0.0667. The third kappa shape index (κ3) is 1.96. The topological polar surface area (TPSA) is 49.4 Å². The Kier molecular flexibility index (Phi) is 3.11. The number of benzene rings is 1. The van der Waals surface area contributed by atoms with Crippen LogP contribution in [0.1, 0.15) is 46.4 Å². The Morgan fingerprint density at radius 1 is 1.00 bits per heavy atom. The van der Waals surface area contributed by atoms with E-state index in [4.69, 9.17) is 0 Å². The van der Waals surface area contributed by atoms with Crippen molar-refractivity contribution in [1.82, 2.24) is 10.2 Å². The molecule has 1 aliphatic carbocycles. The molecule has 1 saturated carbocycles. The van der Waals surface area contributed by atoms with Crippen LogP contribution in [0.3, 0.4) is 0 Å². The van der Waals surface area contributed by atoms with Crippen LogP contribution in [0.15, 0.2) is 24.3 Å². The molecule has 1 aliphatic heterocycles. The van der Waals surface area contributed by atoms with Gasteiger partial charge >= 0.3 is 0 Å². The van der Waals surface area contributed by atoms with E-state index in [0.717, 1.165) is 25.7 Å². The second-order valence-corrected chi connectivity index (χ2v) is 5.32. The van der Waals surface area contributed by atoms with Gasteiger partial charge in [0.15, 0.2) is 0 Å². The summed E-state index contributed by atoms with van der Waals surface area (Å²) < 4.78 is 0. The first kappa shape index (κ1) is 12.4. The number of fused-ring (bicyclic) bond motifs is 1. The standard InChI is InChI=1S/C15H18N2O2/c1-16-10-6-8-11(9-7-10)17-14(18)12-4-2-3-5-13(12)15(17)19/h2-5,10-11,16H,6-9H2,1H3/t10-,11-. The van der Waals surface area contributed by atoms with Crippen LogP contribution in [0.5, 0.6) is 0 Å². The lowest BCUT2D eigenvalue weighted by molar-refractivity contribution is 0.0539. The number of imide groups is 1. The SMILES string of the molecule is CN[C@H]1CC[C@H](N2C(=O)c3ccccc3C2=O)CC1. The number of nitrogens with zero attached hydrogens (tertiary/aromatic N) is 1. The van der Waals surface area contributed by atoms with Gasteiger partial charge in [0, 0.05) is 12.1 Å². The molecule has 3 rings (SSSR count). The normalized spacial score (nSPS) is 26.7. The Hall–Kier alpha value is -1.68. The molecule has 1 fully saturated rings. The maximum Gasteiger partial charge on any atom is 0.261 e. The first-order valence-corrected chi connectivity index (χ1v) is 6.86. The van der Waals surface area contributed by atoms with Crippen molar-refractivity contribution in [3.63, 3.8) is 0 Å². The molecule has 0 radical (unpaired) electrons. The summed E-state index contributed by atoms with van der Waals surface area (Å²) in [6.07, 6.45) is 3.84. The van der Waals surface area contributed by atoms with Crippen molar-refractivity contribution in [2.24, 2.45) is 0 Å². The third-order valence-electron chi connectivity index (χ3n) is 4.30. The summed E-state index contributed by atoms with van der Waals surface area (Å²) in [6.45, 7) is 0. The van der Waals surface area contributed by atoms with Crippen molar-refractivity contribution in [2.45, 2.75) is 37.8 Å². The van der Waals surface area contributed by atoms with E-state index in [1.807, 2.05) is 19.2 Å². The van der Waals surface area contributed by atoms with Gasteiger partial charge in [0.1, 0.15) is 0 Å². The van der Waals surface area contributed by atoms with Gasteiger partial charge < -0.3 is 5.32 Å². The van der Waals surface area contributed by atoms with E-state index in [9.17, 15) is 9.59 Å². The zero-order valence-corrected chi connectivity index (χ0v) is 11.1. The van der Waals surface area contributed by atoms with E-state index in [0.29, 0.717) is 17.2 Å². The lowest BCUT2D eigenvalue weighted by atomic mass is 9.90. The van der Waals surface area contributed by atoms with Crippen LogP contribution in [-0.4, -0.2) is 35.8 Å². The van der Waals surface area contributed by atoms with Crippen molar-refractivity contribution < 1.29 is 9.59 Å². The molecule has 0 spiro atoms. The Bertz CT molecular complexity index is 484. The molecule has 0 atom stereocenters. The summed E-state index contributed by atoms with van der Waals surface area (Å²) in [6, 6.07) is 7.70. The molecule has 0 saturated heterocycles. The average Bonchev–Trinajstić information content (AvgIpc) is 2.72. The molecule has 1 N–H and O–H groups in total. The van der Waals surface area contributed by atoms with Crippen molar-refractivity contribution in [1.29, 1.82) is 0 Å². The van der Waals surface area contributed by atoms with Crippen LogP contribution < -0.4 is 5.32 Å². The van der Waals surface area contributed by atoms with E-state index in [1.165, 1.54) is 4.90 Å². The number of hydrogen-bond acceptors (Lipinski definition) is 3. The molecule has 2 aliphatic rings. The number of carbonyl (C=O) groups is 2. The minimum atomic E-state index is -0.117. The summed E-state index contributed by atoms with van der Waals surface area (Å²) >= 11 is 0. The Labute approximate surface area is 112 Å². The Morgan fingerprint density at radius 2 is 1.53 bits per heavy atom. The second-order valence-electron chi connectivity index (χ2n) is 5.32. The predicted octanol–water partition coefficient (Wildman–Crippen LogP) is 1.81. The van der Waals surface area contributed by atoms with Gasteiger partial charge in [-0.05, 0) is 44.9 Å². The predicted molar refractivity (Wildman–Crippen MR) is 72.0 cm³/mol. The molecule has 0 aromatic heterocycles. The molecule has 0 unspecified atom stereocenters. The summed E-state index contributed by atoms with van der Waals surface area (Å²) in [5.41, 5.74) is 1.12. The highest BCUT2D eigenvalue weighted by Gasteiger charge is 2.40. The molecule has 0 bridgehead atoms. The smallest absolute Gasteiger partial charge is 0.261 e. The first-order chi connectivity index (χ1) is 9.22. The van der Waals surface area contributed by atoms with E-state index in [1.54, 1.807) is 12.1 Å². The van der Waals surface area contributed by atoms with Crippen molar-refractivity contribution in [2.75, 3.05) is 7.05 Å². The highest BCUT2D eigenvalue weighted by Crippen LogP contribution is 2.30. The molecular weight excluding hydrogens is 240 g/mol. The van der Waals surface area contributed by atoms with Crippen LogP contribution in [0.2, 0.25) is 0 Å². The fourth-order valence-corrected chi connectivity index (χ4v) is 3.16. The van der Waals surface area contributed by atoms with Crippen molar-refractivity contribution in [3.8, 4) is 0 Å². The van der Waals surface area contributed by atoms with Gasteiger partial charge in [0.2, 0.25) is 0 Å². The molecule has 100 valence electrons.